The number of nitrogens with two attached hydrogens (primary N) is 1. The van der Waals surface area contributed by atoms with Crippen LogP contribution >= 0.6 is 0 Å². The summed E-state index contributed by atoms with van der Waals surface area (Å²) in [4.78, 5) is 8.06. The van der Waals surface area contributed by atoms with Crippen molar-refractivity contribution in [1.29, 1.82) is 0 Å². The summed E-state index contributed by atoms with van der Waals surface area (Å²) < 4.78 is 7.29. The smallest absolute Gasteiger partial charge is 0.161 e. The monoisotopic (exact) mass is 250 g/mol. The zero-order valence-electron chi connectivity index (χ0n) is 9.60. The Hall–Kier alpha value is -1.70. The number of fused-ring (bicyclic) bond motifs is 1. The van der Waals surface area contributed by atoms with Crippen molar-refractivity contribution >= 4 is 16.9 Å². The first-order valence-electron chi connectivity index (χ1n) is 5.72. The van der Waals surface area contributed by atoms with Crippen LogP contribution in [0.4, 0.5) is 5.82 Å². The molecule has 2 aromatic heterocycles. The zero-order valence-corrected chi connectivity index (χ0v) is 9.60. The van der Waals surface area contributed by atoms with Gasteiger partial charge in [0.2, 0.25) is 0 Å². The molecule has 3 heterocycles. The highest BCUT2D eigenvalue weighted by molar-refractivity contribution is 5.86. The lowest BCUT2D eigenvalue weighted by Crippen LogP contribution is -2.19. The molecule has 0 spiro atoms. The third-order valence-corrected chi connectivity index (χ3v) is 3.18. The molecular weight excluding hydrogens is 236 g/mol. The number of rotatable bonds is 2. The zero-order chi connectivity index (χ0) is 12.7. The van der Waals surface area contributed by atoms with Crippen LogP contribution in [0.25, 0.3) is 11.0 Å². The summed E-state index contributed by atoms with van der Waals surface area (Å²) in [6.45, 7) is -0.107. The molecule has 0 aromatic carbocycles. The van der Waals surface area contributed by atoms with Crippen LogP contribution in [0.3, 0.4) is 0 Å². The third-order valence-electron chi connectivity index (χ3n) is 3.18. The summed E-state index contributed by atoms with van der Waals surface area (Å²) in [5, 5.41) is 19.7. The Labute approximate surface area is 103 Å². The van der Waals surface area contributed by atoms with Gasteiger partial charge in [0, 0.05) is 12.6 Å². The Bertz CT molecular complexity index is 570. The summed E-state index contributed by atoms with van der Waals surface area (Å²) in [6.07, 6.45) is 1.97. The third kappa shape index (κ3) is 1.64. The van der Waals surface area contributed by atoms with E-state index in [-0.39, 0.29) is 12.7 Å². The molecule has 7 heteroatoms. The Balaban J connectivity index is 2.02. The number of aliphatic hydroxyl groups excluding tert-OH is 2. The van der Waals surface area contributed by atoms with Crippen LogP contribution in [0.15, 0.2) is 18.6 Å². The topological polar surface area (TPSA) is 106 Å². The molecule has 2 aromatic rings. The highest BCUT2D eigenvalue weighted by atomic mass is 16.5. The molecule has 1 aliphatic heterocycles. The van der Waals surface area contributed by atoms with E-state index in [9.17, 15) is 5.11 Å². The second-order valence-corrected chi connectivity index (χ2v) is 4.35. The maximum Gasteiger partial charge on any atom is 0.161 e. The summed E-state index contributed by atoms with van der Waals surface area (Å²) >= 11 is 0. The van der Waals surface area contributed by atoms with Gasteiger partial charge in [0.05, 0.1) is 18.1 Å². The second-order valence-electron chi connectivity index (χ2n) is 4.35. The highest BCUT2D eigenvalue weighted by Gasteiger charge is 2.35. The molecule has 18 heavy (non-hydrogen) atoms. The number of nitrogens with zero attached hydrogens (tertiary/aromatic N) is 3. The maximum absolute atomic E-state index is 9.96. The molecule has 0 amide bonds. The van der Waals surface area contributed by atoms with Crippen molar-refractivity contribution < 1.29 is 14.9 Å². The molecule has 1 fully saturated rings. The van der Waals surface area contributed by atoms with Gasteiger partial charge in [0.15, 0.2) is 6.23 Å². The minimum Gasteiger partial charge on any atom is -0.394 e. The van der Waals surface area contributed by atoms with Gasteiger partial charge < -0.3 is 25.3 Å². The largest absolute Gasteiger partial charge is 0.394 e. The Morgan fingerprint density at radius 1 is 1.50 bits per heavy atom. The highest BCUT2D eigenvalue weighted by Crippen LogP contribution is 2.31. The molecule has 0 bridgehead atoms. The van der Waals surface area contributed by atoms with E-state index in [0.29, 0.717) is 17.9 Å². The van der Waals surface area contributed by atoms with Gasteiger partial charge in [-0.05, 0) is 6.07 Å². The van der Waals surface area contributed by atoms with Gasteiger partial charge in [-0.25, -0.2) is 9.97 Å². The van der Waals surface area contributed by atoms with Crippen molar-refractivity contribution in [1.82, 2.24) is 14.5 Å². The lowest BCUT2D eigenvalue weighted by Gasteiger charge is -2.17. The molecule has 1 aliphatic rings. The fourth-order valence-corrected chi connectivity index (χ4v) is 2.29. The van der Waals surface area contributed by atoms with Gasteiger partial charge in [-0.2, -0.15) is 0 Å². The molecule has 3 rings (SSSR count). The summed E-state index contributed by atoms with van der Waals surface area (Å²) in [5.41, 5.74) is 6.36. The first-order chi connectivity index (χ1) is 8.70. The first kappa shape index (κ1) is 11.4. The van der Waals surface area contributed by atoms with Crippen LogP contribution < -0.4 is 5.73 Å². The molecule has 1 saturated heterocycles. The van der Waals surface area contributed by atoms with Crippen LogP contribution in [0.2, 0.25) is 0 Å². The number of aromatic nitrogens is 3. The van der Waals surface area contributed by atoms with Gasteiger partial charge in [0.25, 0.3) is 0 Å². The molecule has 96 valence electrons. The predicted molar refractivity (Wildman–Crippen MR) is 63.6 cm³/mol. The molecular formula is C11H14N4O3. The van der Waals surface area contributed by atoms with Crippen LogP contribution in [-0.4, -0.2) is 43.6 Å². The standard InChI is InChI=1S/C11H14N4O3/c12-9-7-1-2-15(10(7)14-5-13-9)11-8(17)3-6(4-16)18-11/h1-2,5-6,8,11,16-17H,3-4H2,(H2,12,13,14)/t6?,8-,11?/m0/s1. The van der Waals surface area contributed by atoms with Crippen molar-refractivity contribution in [3.8, 4) is 0 Å². The van der Waals surface area contributed by atoms with E-state index < -0.39 is 12.3 Å². The average Bonchev–Trinajstić information content (AvgIpc) is 2.93. The van der Waals surface area contributed by atoms with E-state index >= 15 is 0 Å². The Morgan fingerprint density at radius 2 is 2.33 bits per heavy atom. The summed E-state index contributed by atoms with van der Waals surface area (Å²) in [6, 6.07) is 1.78. The lowest BCUT2D eigenvalue weighted by molar-refractivity contribution is -0.0484. The van der Waals surface area contributed by atoms with Crippen molar-refractivity contribution in [3.05, 3.63) is 18.6 Å². The van der Waals surface area contributed by atoms with Crippen LogP contribution in [0.1, 0.15) is 12.6 Å². The summed E-state index contributed by atoms with van der Waals surface area (Å²) in [5.74, 6) is 0.393. The number of hydrogen-bond donors (Lipinski definition) is 3. The maximum atomic E-state index is 9.96. The average molecular weight is 250 g/mol. The normalized spacial score (nSPS) is 28.0. The van der Waals surface area contributed by atoms with Crippen LogP contribution in [-0.2, 0) is 4.74 Å². The minimum absolute atomic E-state index is 0.107. The van der Waals surface area contributed by atoms with E-state index in [1.807, 2.05) is 0 Å². The van der Waals surface area contributed by atoms with Gasteiger partial charge in [-0.15, -0.1) is 0 Å². The number of aliphatic hydroxyl groups is 2. The molecule has 0 radical (unpaired) electrons. The Kier molecular flexibility index (Phi) is 2.66. The predicted octanol–water partition coefficient (Wildman–Crippen LogP) is -0.346. The van der Waals surface area contributed by atoms with Crippen molar-refractivity contribution in [2.45, 2.75) is 24.9 Å². The van der Waals surface area contributed by atoms with Crippen molar-refractivity contribution in [2.75, 3.05) is 12.3 Å². The van der Waals surface area contributed by atoms with Gasteiger partial charge in [-0.1, -0.05) is 0 Å². The van der Waals surface area contributed by atoms with Crippen LogP contribution in [0, 0.1) is 0 Å². The first-order valence-corrected chi connectivity index (χ1v) is 5.72. The molecule has 7 nitrogen and oxygen atoms in total. The fourth-order valence-electron chi connectivity index (χ4n) is 2.29. The molecule has 2 unspecified atom stereocenters. The number of nitrogen functional groups attached to an aromatic ring is 1. The quantitative estimate of drug-likeness (QED) is 0.673. The second kappa shape index (κ2) is 4.20. The van der Waals surface area contributed by atoms with Crippen molar-refractivity contribution in [3.63, 3.8) is 0 Å². The molecule has 3 atom stereocenters. The van der Waals surface area contributed by atoms with E-state index in [1.165, 1.54) is 6.33 Å². The number of hydrogen-bond acceptors (Lipinski definition) is 6. The van der Waals surface area contributed by atoms with Gasteiger partial charge in [-0.3, -0.25) is 0 Å². The molecule has 0 saturated carbocycles. The minimum atomic E-state index is -0.672. The molecule has 4 N–H and O–H groups in total. The van der Waals surface area contributed by atoms with E-state index in [0.717, 1.165) is 5.39 Å². The SMILES string of the molecule is Nc1ncnc2c1ccn2C1OC(CO)C[C@@H]1O. The van der Waals surface area contributed by atoms with Gasteiger partial charge >= 0.3 is 0 Å². The number of ether oxygens (including phenoxy) is 1. The van der Waals surface area contributed by atoms with E-state index in [2.05, 4.69) is 9.97 Å². The number of anilines is 1. The molecule has 0 aliphatic carbocycles. The van der Waals surface area contributed by atoms with E-state index in [1.54, 1.807) is 16.8 Å². The Morgan fingerprint density at radius 3 is 3.06 bits per heavy atom. The lowest BCUT2D eigenvalue weighted by atomic mass is 10.2. The van der Waals surface area contributed by atoms with Crippen LogP contribution in [0.5, 0.6) is 0 Å². The summed E-state index contributed by atoms with van der Waals surface area (Å²) in [7, 11) is 0. The van der Waals surface area contributed by atoms with E-state index in [4.69, 9.17) is 15.6 Å². The van der Waals surface area contributed by atoms with Crippen molar-refractivity contribution in [2.24, 2.45) is 0 Å². The fraction of sp³-hybridized carbons (Fsp3) is 0.455. The van der Waals surface area contributed by atoms with Gasteiger partial charge in [0.1, 0.15) is 23.9 Å².